The molecule has 0 aromatic heterocycles. The van der Waals surface area contributed by atoms with E-state index in [2.05, 4.69) is 12.2 Å². The molecular formula is C9H20ClNO. The maximum atomic E-state index is 5.67. The van der Waals surface area contributed by atoms with E-state index in [4.69, 9.17) is 16.3 Å². The molecule has 0 aromatic carbocycles. The van der Waals surface area contributed by atoms with E-state index in [0.29, 0.717) is 5.92 Å². The molecule has 0 aliphatic carbocycles. The molecule has 0 heterocycles. The molecule has 0 aliphatic heterocycles. The SMILES string of the molecule is COCCNCCCC(C)CCl. The van der Waals surface area contributed by atoms with E-state index in [9.17, 15) is 0 Å². The predicted octanol–water partition coefficient (Wildman–Crippen LogP) is 1.88. The van der Waals surface area contributed by atoms with Gasteiger partial charge in [-0.1, -0.05) is 6.92 Å². The summed E-state index contributed by atoms with van der Waals surface area (Å²) in [6.45, 7) is 5.00. The van der Waals surface area contributed by atoms with Crippen LogP contribution in [0.15, 0.2) is 0 Å². The largest absolute Gasteiger partial charge is 0.383 e. The van der Waals surface area contributed by atoms with E-state index in [0.717, 1.165) is 25.6 Å². The number of hydrogen-bond donors (Lipinski definition) is 1. The highest BCUT2D eigenvalue weighted by atomic mass is 35.5. The second-order valence-electron chi connectivity index (χ2n) is 3.14. The molecule has 3 heteroatoms. The van der Waals surface area contributed by atoms with Crippen molar-refractivity contribution >= 4 is 11.6 Å². The molecule has 1 atom stereocenters. The maximum absolute atomic E-state index is 5.67. The van der Waals surface area contributed by atoms with E-state index in [1.807, 2.05) is 0 Å². The van der Waals surface area contributed by atoms with E-state index in [-0.39, 0.29) is 0 Å². The molecule has 0 radical (unpaired) electrons. The first-order valence-electron chi connectivity index (χ1n) is 4.57. The van der Waals surface area contributed by atoms with Crippen molar-refractivity contribution in [2.75, 3.05) is 32.7 Å². The smallest absolute Gasteiger partial charge is 0.0587 e. The molecule has 1 unspecified atom stereocenters. The van der Waals surface area contributed by atoms with Crippen LogP contribution in [0.5, 0.6) is 0 Å². The van der Waals surface area contributed by atoms with E-state index in [1.54, 1.807) is 7.11 Å². The van der Waals surface area contributed by atoms with Gasteiger partial charge in [0.1, 0.15) is 0 Å². The fourth-order valence-corrected chi connectivity index (χ4v) is 1.11. The van der Waals surface area contributed by atoms with Crippen molar-refractivity contribution in [2.24, 2.45) is 5.92 Å². The number of alkyl halides is 1. The first-order valence-corrected chi connectivity index (χ1v) is 5.10. The van der Waals surface area contributed by atoms with Gasteiger partial charge in [-0.15, -0.1) is 11.6 Å². The number of rotatable bonds is 8. The molecule has 0 rings (SSSR count). The van der Waals surface area contributed by atoms with Crippen LogP contribution in [0, 0.1) is 5.92 Å². The van der Waals surface area contributed by atoms with Crippen molar-refractivity contribution in [1.29, 1.82) is 0 Å². The first-order chi connectivity index (χ1) is 5.81. The Hall–Kier alpha value is 0.210. The molecule has 12 heavy (non-hydrogen) atoms. The maximum Gasteiger partial charge on any atom is 0.0587 e. The minimum Gasteiger partial charge on any atom is -0.383 e. The number of methoxy groups -OCH3 is 1. The summed E-state index contributed by atoms with van der Waals surface area (Å²) >= 11 is 5.67. The van der Waals surface area contributed by atoms with Crippen LogP contribution in [0.25, 0.3) is 0 Å². The van der Waals surface area contributed by atoms with Gasteiger partial charge in [0.05, 0.1) is 6.61 Å². The molecule has 0 saturated carbocycles. The normalized spacial score (nSPS) is 13.2. The standard InChI is InChI=1S/C9H20ClNO/c1-9(8-10)4-3-5-11-6-7-12-2/h9,11H,3-8H2,1-2H3. The first kappa shape index (κ1) is 12.2. The van der Waals surface area contributed by atoms with Crippen molar-refractivity contribution in [1.82, 2.24) is 5.32 Å². The van der Waals surface area contributed by atoms with Gasteiger partial charge < -0.3 is 10.1 Å². The minimum absolute atomic E-state index is 0.649. The Morgan fingerprint density at radius 3 is 2.75 bits per heavy atom. The van der Waals surface area contributed by atoms with Crippen LogP contribution in [-0.2, 0) is 4.74 Å². The monoisotopic (exact) mass is 193 g/mol. The number of hydrogen-bond acceptors (Lipinski definition) is 2. The highest BCUT2D eigenvalue weighted by molar-refractivity contribution is 6.18. The molecule has 1 N–H and O–H groups in total. The fraction of sp³-hybridized carbons (Fsp3) is 1.00. The van der Waals surface area contributed by atoms with Gasteiger partial charge in [-0.25, -0.2) is 0 Å². The molecule has 0 amide bonds. The van der Waals surface area contributed by atoms with Crippen LogP contribution in [0.3, 0.4) is 0 Å². The van der Waals surface area contributed by atoms with Crippen LogP contribution < -0.4 is 5.32 Å². The van der Waals surface area contributed by atoms with Gasteiger partial charge >= 0.3 is 0 Å². The Kier molecular flexibility index (Phi) is 9.46. The molecule has 0 saturated heterocycles. The zero-order valence-electron chi connectivity index (χ0n) is 8.11. The molecule has 0 aromatic rings. The lowest BCUT2D eigenvalue weighted by Gasteiger charge is -2.07. The van der Waals surface area contributed by atoms with Gasteiger partial charge in [-0.05, 0) is 25.3 Å². The molecule has 0 aliphatic rings. The Labute approximate surface area is 80.6 Å². The van der Waals surface area contributed by atoms with Crippen molar-refractivity contribution in [3.63, 3.8) is 0 Å². The Morgan fingerprint density at radius 1 is 1.42 bits per heavy atom. The van der Waals surface area contributed by atoms with Gasteiger partial charge in [-0.2, -0.15) is 0 Å². The van der Waals surface area contributed by atoms with Gasteiger partial charge in [0, 0.05) is 19.5 Å². The Balaban J connectivity index is 2.90. The summed E-state index contributed by atoms with van der Waals surface area (Å²) < 4.78 is 4.91. The average Bonchev–Trinajstić information content (AvgIpc) is 2.10. The third-order valence-electron chi connectivity index (χ3n) is 1.80. The van der Waals surface area contributed by atoms with E-state index < -0.39 is 0 Å². The molecule has 2 nitrogen and oxygen atoms in total. The highest BCUT2D eigenvalue weighted by Crippen LogP contribution is 2.05. The van der Waals surface area contributed by atoms with Gasteiger partial charge in [0.25, 0.3) is 0 Å². The number of ether oxygens (including phenoxy) is 1. The number of halogens is 1. The fourth-order valence-electron chi connectivity index (χ4n) is 0.952. The zero-order valence-corrected chi connectivity index (χ0v) is 8.86. The van der Waals surface area contributed by atoms with E-state index in [1.165, 1.54) is 12.8 Å². The highest BCUT2D eigenvalue weighted by Gasteiger charge is 1.98. The average molecular weight is 194 g/mol. The predicted molar refractivity (Wildman–Crippen MR) is 53.9 cm³/mol. The molecule has 74 valence electrons. The van der Waals surface area contributed by atoms with Crippen LogP contribution in [0.4, 0.5) is 0 Å². The van der Waals surface area contributed by atoms with Gasteiger partial charge in [0.2, 0.25) is 0 Å². The van der Waals surface area contributed by atoms with Crippen LogP contribution in [0.2, 0.25) is 0 Å². The summed E-state index contributed by atoms with van der Waals surface area (Å²) in [5.41, 5.74) is 0. The zero-order chi connectivity index (χ0) is 9.23. The summed E-state index contributed by atoms with van der Waals surface area (Å²) in [4.78, 5) is 0. The summed E-state index contributed by atoms with van der Waals surface area (Å²) in [5.74, 6) is 1.42. The molecule has 0 bridgehead atoms. The second-order valence-corrected chi connectivity index (χ2v) is 3.45. The lowest BCUT2D eigenvalue weighted by molar-refractivity contribution is 0.199. The van der Waals surface area contributed by atoms with Crippen molar-refractivity contribution in [3.05, 3.63) is 0 Å². The lowest BCUT2D eigenvalue weighted by atomic mass is 10.1. The Bertz CT molecular complexity index is 90.6. The summed E-state index contributed by atoms with van der Waals surface area (Å²) in [6, 6.07) is 0. The van der Waals surface area contributed by atoms with Crippen LogP contribution in [0.1, 0.15) is 19.8 Å². The molecule has 0 spiro atoms. The quantitative estimate of drug-likeness (QED) is 0.470. The van der Waals surface area contributed by atoms with E-state index >= 15 is 0 Å². The van der Waals surface area contributed by atoms with Gasteiger partial charge in [0.15, 0.2) is 0 Å². The minimum atomic E-state index is 0.649. The third-order valence-corrected chi connectivity index (χ3v) is 2.32. The summed E-state index contributed by atoms with van der Waals surface area (Å²) in [7, 11) is 1.72. The van der Waals surface area contributed by atoms with Crippen LogP contribution in [-0.4, -0.2) is 32.7 Å². The molecular weight excluding hydrogens is 174 g/mol. The van der Waals surface area contributed by atoms with Crippen molar-refractivity contribution < 1.29 is 4.74 Å². The second kappa shape index (κ2) is 9.30. The van der Waals surface area contributed by atoms with Crippen LogP contribution >= 0.6 is 11.6 Å². The Morgan fingerprint density at radius 2 is 2.17 bits per heavy atom. The van der Waals surface area contributed by atoms with Crippen molar-refractivity contribution in [2.45, 2.75) is 19.8 Å². The molecule has 0 fully saturated rings. The summed E-state index contributed by atoms with van der Waals surface area (Å²) in [6.07, 6.45) is 2.42. The third kappa shape index (κ3) is 8.31. The van der Waals surface area contributed by atoms with Gasteiger partial charge in [-0.3, -0.25) is 0 Å². The van der Waals surface area contributed by atoms with Crippen molar-refractivity contribution in [3.8, 4) is 0 Å². The number of nitrogens with one attached hydrogen (secondary N) is 1. The topological polar surface area (TPSA) is 21.3 Å². The lowest BCUT2D eigenvalue weighted by Crippen LogP contribution is -2.20. The summed E-state index contributed by atoms with van der Waals surface area (Å²) in [5, 5.41) is 3.30.